The third kappa shape index (κ3) is 6.04. The predicted octanol–water partition coefficient (Wildman–Crippen LogP) is 0.868. The minimum absolute atomic E-state index is 0.373. The summed E-state index contributed by atoms with van der Waals surface area (Å²) in [5, 5.41) is 6.77. The number of carbonyl (C=O) groups is 2. The van der Waals surface area contributed by atoms with Crippen molar-refractivity contribution < 1.29 is 9.59 Å². The van der Waals surface area contributed by atoms with Crippen LogP contribution in [0.2, 0.25) is 0 Å². The van der Waals surface area contributed by atoms with Crippen molar-refractivity contribution in [1.82, 2.24) is 20.4 Å². The molecule has 2 atom stereocenters. The number of piperazine rings is 1. The van der Waals surface area contributed by atoms with Gasteiger partial charge >= 0.3 is 0 Å². The van der Waals surface area contributed by atoms with Crippen LogP contribution in [0.1, 0.15) is 45.4 Å². The van der Waals surface area contributed by atoms with Gasteiger partial charge in [0.15, 0.2) is 0 Å². The molecule has 0 bridgehead atoms. The first-order valence-corrected chi connectivity index (χ1v) is 9.94. The zero-order valence-corrected chi connectivity index (χ0v) is 16.1. The Kier molecular flexibility index (Phi) is 8.33. The van der Waals surface area contributed by atoms with Crippen molar-refractivity contribution in [3.05, 3.63) is 0 Å². The molecule has 25 heavy (non-hydrogen) atoms. The van der Waals surface area contributed by atoms with E-state index in [1.807, 2.05) is 6.92 Å². The van der Waals surface area contributed by atoms with Gasteiger partial charge in [-0.2, -0.15) is 0 Å². The number of likely N-dealkylation sites (tertiary alicyclic amines) is 1. The minimum Gasteiger partial charge on any atom is -0.342 e. The summed E-state index contributed by atoms with van der Waals surface area (Å²) < 4.78 is 0. The smallest absolute Gasteiger partial charge is 0.223 e. The Hall–Kier alpha value is -0.980. The van der Waals surface area contributed by atoms with Crippen molar-refractivity contribution in [2.24, 2.45) is 5.41 Å². The Morgan fingerprint density at radius 2 is 2.00 bits per heavy atom. The molecule has 0 aromatic heterocycles. The van der Waals surface area contributed by atoms with Crippen LogP contribution in [-0.2, 0) is 9.59 Å². The molecule has 2 heterocycles. The topological polar surface area (TPSA) is 64.7 Å². The highest BCUT2D eigenvalue weighted by atomic mass is 16.2. The van der Waals surface area contributed by atoms with Crippen molar-refractivity contribution >= 4 is 12.2 Å². The number of hydrogen-bond acceptors (Lipinski definition) is 5. The molecule has 2 saturated heterocycles. The number of hydrogen-bond donors (Lipinski definition) is 2. The second-order valence-electron chi connectivity index (χ2n) is 7.71. The quantitative estimate of drug-likeness (QED) is 0.719. The van der Waals surface area contributed by atoms with Crippen LogP contribution in [0.15, 0.2) is 0 Å². The molecule has 0 aromatic carbocycles. The number of rotatable bonds is 5. The lowest BCUT2D eigenvalue weighted by Gasteiger charge is -2.28. The number of nitrogens with one attached hydrogen (secondary N) is 2. The Labute approximate surface area is 152 Å². The van der Waals surface area contributed by atoms with E-state index in [-0.39, 0.29) is 0 Å². The highest BCUT2D eigenvalue weighted by Crippen LogP contribution is 2.45. The molecule has 0 aromatic rings. The van der Waals surface area contributed by atoms with Crippen LogP contribution in [-0.4, -0.2) is 80.9 Å². The Bertz CT molecular complexity index is 426. The standard InChI is InChI=1S/C16H30N4O.C3H6O/c1-17-14-2-4-16(12-14)5-9-20(13-16)15(21)3-8-19-10-6-18-7-11-19;1-2-3-4/h14,17-18H,2-13H2,1H3;3H,2H2,1H3. The van der Waals surface area contributed by atoms with Gasteiger partial charge in [0.1, 0.15) is 6.29 Å². The highest BCUT2D eigenvalue weighted by Gasteiger charge is 2.44. The predicted molar refractivity (Wildman–Crippen MR) is 101 cm³/mol. The number of aldehydes is 1. The molecule has 1 aliphatic carbocycles. The van der Waals surface area contributed by atoms with Crippen molar-refractivity contribution in [2.45, 2.75) is 51.5 Å². The van der Waals surface area contributed by atoms with Crippen molar-refractivity contribution in [2.75, 3.05) is 52.9 Å². The van der Waals surface area contributed by atoms with Gasteiger partial charge in [-0.05, 0) is 38.1 Å². The van der Waals surface area contributed by atoms with Gasteiger partial charge in [-0.15, -0.1) is 0 Å². The lowest BCUT2D eigenvalue weighted by molar-refractivity contribution is -0.131. The summed E-state index contributed by atoms with van der Waals surface area (Å²) in [7, 11) is 2.06. The highest BCUT2D eigenvalue weighted by molar-refractivity contribution is 5.76. The molecular weight excluding hydrogens is 316 g/mol. The first-order chi connectivity index (χ1) is 12.1. The first-order valence-electron chi connectivity index (χ1n) is 9.94. The van der Waals surface area contributed by atoms with Gasteiger partial charge in [0.25, 0.3) is 0 Å². The monoisotopic (exact) mass is 352 g/mol. The fraction of sp³-hybridized carbons (Fsp3) is 0.895. The maximum Gasteiger partial charge on any atom is 0.223 e. The van der Waals surface area contributed by atoms with E-state index in [0.29, 0.717) is 30.2 Å². The number of nitrogens with zero attached hydrogens (tertiary/aromatic N) is 2. The second kappa shape index (κ2) is 10.2. The van der Waals surface area contributed by atoms with E-state index in [1.165, 1.54) is 25.7 Å². The lowest BCUT2D eigenvalue weighted by atomic mass is 9.85. The van der Waals surface area contributed by atoms with Crippen molar-refractivity contribution in [3.8, 4) is 0 Å². The molecule has 6 heteroatoms. The van der Waals surface area contributed by atoms with Crippen LogP contribution in [0.5, 0.6) is 0 Å². The molecule has 2 aliphatic heterocycles. The number of carbonyl (C=O) groups excluding carboxylic acids is 2. The summed E-state index contributed by atoms with van der Waals surface area (Å²) in [5.74, 6) is 0.373. The van der Waals surface area contributed by atoms with Crippen LogP contribution in [0.4, 0.5) is 0 Å². The zero-order valence-electron chi connectivity index (χ0n) is 16.1. The molecule has 0 radical (unpaired) electrons. The summed E-state index contributed by atoms with van der Waals surface area (Å²) >= 11 is 0. The Morgan fingerprint density at radius 3 is 2.60 bits per heavy atom. The molecule has 1 saturated carbocycles. The van der Waals surface area contributed by atoms with Crippen LogP contribution >= 0.6 is 0 Å². The first kappa shape index (κ1) is 20.3. The Balaban J connectivity index is 0.000000511. The van der Waals surface area contributed by atoms with E-state index >= 15 is 0 Å². The molecule has 3 rings (SSSR count). The van der Waals surface area contributed by atoms with E-state index in [4.69, 9.17) is 0 Å². The fourth-order valence-electron chi connectivity index (χ4n) is 4.32. The Morgan fingerprint density at radius 1 is 1.28 bits per heavy atom. The van der Waals surface area contributed by atoms with E-state index < -0.39 is 0 Å². The number of amides is 1. The van der Waals surface area contributed by atoms with E-state index in [2.05, 4.69) is 27.5 Å². The third-order valence-electron chi connectivity index (χ3n) is 5.92. The van der Waals surface area contributed by atoms with Gasteiger partial charge in [-0.3, -0.25) is 4.79 Å². The van der Waals surface area contributed by atoms with Crippen LogP contribution in [0, 0.1) is 5.41 Å². The van der Waals surface area contributed by atoms with Gasteiger partial charge in [-0.25, -0.2) is 0 Å². The van der Waals surface area contributed by atoms with E-state index in [0.717, 1.165) is 52.1 Å². The molecule has 144 valence electrons. The van der Waals surface area contributed by atoms with Gasteiger partial charge < -0.3 is 25.2 Å². The van der Waals surface area contributed by atoms with Gasteiger partial charge in [0.05, 0.1) is 0 Å². The summed E-state index contributed by atoms with van der Waals surface area (Å²) in [6.07, 6.45) is 7.25. The summed E-state index contributed by atoms with van der Waals surface area (Å²) in [6.45, 7) is 9.03. The second-order valence-corrected chi connectivity index (χ2v) is 7.71. The molecule has 3 aliphatic rings. The molecular formula is C19H36N4O2. The SMILES string of the molecule is CCC=O.CNC1CCC2(CCN(C(=O)CCN3CCNCC3)C2)C1. The normalized spacial score (nSPS) is 29.5. The molecule has 1 amide bonds. The zero-order chi connectivity index (χ0) is 18.1. The van der Waals surface area contributed by atoms with Gasteiger partial charge in [-0.1, -0.05) is 6.92 Å². The summed E-state index contributed by atoms with van der Waals surface area (Å²) in [5.41, 5.74) is 0.429. The van der Waals surface area contributed by atoms with E-state index in [1.54, 1.807) is 0 Å². The maximum atomic E-state index is 12.4. The average molecular weight is 353 g/mol. The minimum atomic E-state index is 0.373. The molecule has 2 N–H and O–H groups in total. The van der Waals surface area contributed by atoms with Gasteiger partial charge in [0.2, 0.25) is 5.91 Å². The molecule has 6 nitrogen and oxygen atoms in total. The molecule has 3 fully saturated rings. The third-order valence-corrected chi connectivity index (χ3v) is 5.92. The average Bonchev–Trinajstić information content (AvgIpc) is 3.27. The van der Waals surface area contributed by atoms with Gasteiger partial charge in [0, 0.05) is 64.7 Å². The maximum absolute atomic E-state index is 12.4. The van der Waals surface area contributed by atoms with Crippen LogP contribution in [0.25, 0.3) is 0 Å². The van der Waals surface area contributed by atoms with Crippen molar-refractivity contribution in [3.63, 3.8) is 0 Å². The molecule has 1 spiro atoms. The largest absolute Gasteiger partial charge is 0.342 e. The molecule has 2 unspecified atom stereocenters. The van der Waals surface area contributed by atoms with Crippen LogP contribution in [0.3, 0.4) is 0 Å². The van der Waals surface area contributed by atoms with Crippen molar-refractivity contribution in [1.29, 1.82) is 0 Å². The lowest BCUT2D eigenvalue weighted by Crippen LogP contribution is -2.45. The fourth-order valence-corrected chi connectivity index (χ4v) is 4.32. The summed E-state index contributed by atoms with van der Waals surface area (Å²) in [6, 6.07) is 0.668. The van der Waals surface area contributed by atoms with Crippen LogP contribution < -0.4 is 10.6 Å². The van der Waals surface area contributed by atoms with E-state index in [9.17, 15) is 9.59 Å². The summed E-state index contributed by atoms with van der Waals surface area (Å²) in [4.78, 5) is 26.2.